The number of hydrogen-bond donors (Lipinski definition) is 1. The van der Waals surface area contributed by atoms with Crippen LogP contribution in [0.4, 0.5) is 5.82 Å². The van der Waals surface area contributed by atoms with Gasteiger partial charge in [-0.2, -0.15) is 0 Å². The monoisotopic (exact) mass is 255 g/mol. The first-order chi connectivity index (χ1) is 9.20. The molecule has 0 fully saturated rings. The molecule has 2 aromatic rings. The van der Waals surface area contributed by atoms with Gasteiger partial charge < -0.3 is 10.2 Å². The number of carbonyl (C=O) groups is 1. The van der Waals surface area contributed by atoms with Crippen LogP contribution in [0.5, 0.6) is 0 Å². The van der Waals surface area contributed by atoms with Crippen LogP contribution in [-0.2, 0) is 6.54 Å². The van der Waals surface area contributed by atoms with Crippen LogP contribution in [0.25, 0.3) is 0 Å². The molecule has 19 heavy (non-hydrogen) atoms. The summed E-state index contributed by atoms with van der Waals surface area (Å²) in [6.07, 6.45) is 1.59. The van der Waals surface area contributed by atoms with E-state index >= 15 is 0 Å². The minimum absolute atomic E-state index is 0.0287. The van der Waals surface area contributed by atoms with Gasteiger partial charge in [-0.1, -0.05) is 30.3 Å². The van der Waals surface area contributed by atoms with Crippen molar-refractivity contribution in [1.82, 2.24) is 9.88 Å². The molecule has 0 aliphatic heterocycles. The maximum Gasteiger partial charge on any atom is 0.255 e. The highest BCUT2D eigenvalue weighted by molar-refractivity contribution is 5.93. The van der Waals surface area contributed by atoms with Crippen molar-refractivity contribution in [3.05, 3.63) is 59.8 Å². The molecule has 0 bridgehead atoms. The maximum absolute atomic E-state index is 12.2. The third-order valence-electron chi connectivity index (χ3n) is 2.88. The van der Waals surface area contributed by atoms with Gasteiger partial charge in [0, 0.05) is 26.8 Å². The van der Waals surface area contributed by atoms with Crippen molar-refractivity contribution in [2.75, 3.05) is 19.4 Å². The molecule has 4 heteroatoms. The summed E-state index contributed by atoms with van der Waals surface area (Å²) < 4.78 is 0. The average molecular weight is 255 g/mol. The lowest BCUT2D eigenvalue weighted by molar-refractivity contribution is 0.0784. The minimum atomic E-state index is -0.0287. The van der Waals surface area contributed by atoms with E-state index in [1.54, 1.807) is 37.3 Å². The normalized spacial score (nSPS) is 10.0. The van der Waals surface area contributed by atoms with Crippen LogP contribution in [0.2, 0.25) is 0 Å². The van der Waals surface area contributed by atoms with Gasteiger partial charge in [-0.15, -0.1) is 0 Å². The smallest absolute Gasteiger partial charge is 0.255 e. The van der Waals surface area contributed by atoms with Crippen molar-refractivity contribution < 1.29 is 4.79 Å². The maximum atomic E-state index is 12.2. The molecule has 1 amide bonds. The topological polar surface area (TPSA) is 45.2 Å². The Labute approximate surface area is 113 Å². The number of rotatable bonds is 4. The van der Waals surface area contributed by atoms with Crippen molar-refractivity contribution in [2.45, 2.75) is 6.54 Å². The van der Waals surface area contributed by atoms with Crippen molar-refractivity contribution in [2.24, 2.45) is 0 Å². The lowest BCUT2D eigenvalue weighted by Gasteiger charge is -2.17. The van der Waals surface area contributed by atoms with Crippen molar-refractivity contribution >= 4 is 11.7 Å². The minimum Gasteiger partial charge on any atom is -0.373 e. The summed E-state index contributed by atoms with van der Waals surface area (Å²) in [5, 5.41) is 2.93. The molecule has 0 aliphatic rings. The van der Waals surface area contributed by atoms with Crippen LogP contribution in [0.3, 0.4) is 0 Å². The Hall–Kier alpha value is -2.36. The van der Waals surface area contributed by atoms with Gasteiger partial charge in [-0.05, 0) is 17.7 Å². The number of aromatic nitrogens is 1. The molecule has 4 nitrogen and oxygen atoms in total. The molecular formula is C15H17N3O. The Morgan fingerprint density at radius 3 is 2.53 bits per heavy atom. The number of nitrogens with zero attached hydrogens (tertiary/aromatic N) is 2. The molecule has 2 rings (SSSR count). The molecule has 0 spiro atoms. The summed E-state index contributed by atoms with van der Waals surface area (Å²) in [6, 6.07) is 13.5. The number of hydrogen-bond acceptors (Lipinski definition) is 3. The average Bonchev–Trinajstić information content (AvgIpc) is 2.47. The van der Waals surface area contributed by atoms with Gasteiger partial charge in [0.2, 0.25) is 0 Å². The van der Waals surface area contributed by atoms with Crippen LogP contribution in [0.15, 0.2) is 48.7 Å². The Morgan fingerprint density at radius 1 is 1.21 bits per heavy atom. The summed E-state index contributed by atoms with van der Waals surface area (Å²) in [4.78, 5) is 18.0. The van der Waals surface area contributed by atoms with Crippen LogP contribution >= 0.6 is 0 Å². The molecule has 0 aliphatic carbocycles. The quantitative estimate of drug-likeness (QED) is 0.912. The zero-order valence-corrected chi connectivity index (χ0v) is 11.1. The number of benzene rings is 1. The van der Waals surface area contributed by atoms with E-state index in [2.05, 4.69) is 10.3 Å². The second kappa shape index (κ2) is 6.00. The van der Waals surface area contributed by atoms with Crippen molar-refractivity contribution in [3.63, 3.8) is 0 Å². The van der Waals surface area contributed by atoms with Crippen LogP contribution in [0.1, 0.15) is 15.9 Å². The lowest BCUT2D eigenvalue weighted by atomic mass is 10.2. The molecule has 0 saturated carbocycles. The second-order valence-corrected chi connectivity index (χ2v) is 4.33. The molecule has 0 saturated heterocycles. The third kappa shape index (κ3) is 3.31. The third-order valence-corrected chi connectivity index (χ3v) is 2.88. The molecule has 0 atom stereocenters. The largest absolute Gasteiger partial charge is 0.373 e. The fourth-order valence-corrected chi connectivity index (χ4v) is 1.82. The van der Waals surface area contributed by atoms with Gasteiger partial charge in [0.05, 0.1) is 5.56 Å². The molecule has 1 aromatic carbocycles. The van der Waals surface area contributed by atoms with Gasteiger partial charge in [0.1, 0.15) is 5.82 Å². The molecular weight excluding hydrogens is 238 g/mol. The van der Waals surface area contributed by atoms with E-state index in [0.717, 1.165) is 11.4 Å². The van der Waals surface area contributed by atoms with Gasteiger partial charge >= 0.3 is 0 Å². The van der Waals surface area contributed by atoms with E-state index in [1.807, 2.05) is 30.3 Å². The fraction of sp³-hybridized carbons (Fsp3) is 0.200. The summed E-state index contributed by atoms with van der Waals surface area (Å²) in [6.45, 7) is 0.591. The van der Waals surface area contributed by atoms with Gasteiger partial charge in [0.15, 0.2) is 0 Å². The molecule has 0 radical (unpaired) electrons. The molecule has 1 aromatic heterocycles. The van der Waals surface area contributed by atoms with E-state index in [9.17, 15) is 4.79 Å². The van der Waals surface area contributed by atoms with Crippen LogP contribution in [-0.4, -0.2) is 29.9 Å². The van der Waals surface area contributed by atoms with E-state index in [1.165, 1.54) is 0 Å². The highest BCUT2D eigenvalue weighted by Gasteiger charge is 2.12. The summed E-state index contributed by atoms with van der Waals surface area (Å²) >= 11 is 0. The molecule has 1 N–H and O–H groups in total. The van der Waals surface area contributed by atoms with Crippen LogP contribution < -0.4 is 5.32 Å². The second-order valence-electron chi connectivity index (χ2n) is 4.33. The Bertz CT molecular complexity index is 537. The SMILES string of the molecule is CNc1ccc(C(=O)N(C)Cc2ccccc2)cn1. The van der Waals surface area contributed by atoms with E-state index in [4.69, 9.17) is 0 Å². The van der Waals surface area contributed by atoms with Gasteiger partial charge in [-0.25, -0.2) is 4.98 Å². The predicted octanol–water partition coefficient (Wildman–Crippen LogP) is 2.40. The first-order valence-corrected chi connectivity index (χ1v) is 6.14. The summed E-state index contributed by atoms with van der Waals surface area (Å²) in [5.74, 6) is 0.723. The molecule has 0 unspecified atom stereocenters. The van der Waals surface area contributed by atoms with Crippen molar-refractivity contribution in [3.8, 4) is 0 Å². The zero-order valence-electron chi connectivity index (χ0n) is 11.1. The van der Waals surface area contributed by atoms with Gasteiger partial charge in [-0.3, -0.25) is 4.79 Å². The Kier molecular flexibility index (Phi) is 4.13. The number of pyridine rings is 1. The van der Waals surface area contributed by atoms with Crippen molar-refractivity contribution in [1.29, 1.82) is 0 Å². The summed E-state index contributed by atoms with van der Waals surface area (Å²) in [5.41, 5.74) is 1.70. The zero-order chi connectivity index (χ0) is 13.7. The molecule has 98 valence electrons. The number of nitrogens with one attached hydrogen (secondary N) is 1. The predicted molar refractivity (Wildman–Crippen MR) is 76.0 cm³/mol. The van der Waals surface area contributed by atoms with E-state index in [0.29, 0.717) is 12.1 Å². The van der Waals surface area contributed by atoms with E-state index < -0.39 is 0 Å². The number of anilines is 1. The standard InChI is InChI=1S/C15H17N3O/c1-16-14-9-8-13(10-17-14)15(19)18(2)11-12-6-4-3-5-7-12/h3-10H,11H2,1-2H3,(H,16,17). The Balaban J connectivity index is 2.06. The fourth-order valence-electron chi connectivity index (χ4n) is 1.82. The Morgan fingerprint density at radius 2 is 1.95 bits per heavy atom. The molecule has 1 heterocycles. The highest BCUT2D eigenvalue weighted by Crippen LogP contribution is 2.09. The van der Waals surface area contributed by atoms with E-state index in [-0.39, 0.29) is 5.91 Å². The lowest BCUT2D eigenvalue weighted by Crippen LogP contribution is -2.26. The summed E-state index contributed by atoms with van der Waals surface area (Å²) in [7, 11) is 3.59. The van der Waals surface area contributed by atoms with Crippen LogP contribution in [0, 0.1) is 0 Å². The highest BCUT2D eigenvalue weighted by atomic mass is 16.2. The number of amides is 1. The first-order valence-electron chi connectivity index (χ1n) is 6.14. The van der Waals surface area contributed by atoms with Gasteiger partial charge in [0.25, 0.3) is 5.91 Å². The first kappa shape index (κ1) is 13.1. The number of carbonyl (C=O) groups excluding carboxylic acids is 1.